The first-order chi connectivity index (χ1) is 10.5. The molecule has 6 heteroatoms. The molecule has 1 amide bonds. The van der Waals surface area contributed by atoms with Gasteiger partial charge in [0.05, 0.1) is 5.52 Å². The highest BCUT2D eigenvalue weighted by Crippen LogP contribution is 2.29. The third-order valence-corrected chi connectivity index (χ3v) is 3.88. The van der Waals surface area contributed by atoms with Crippen molar-refractivity contribution in [3.8, 4) is 12.3 Å². The standard InChI is InChI=1S/C16H16BrFN2O2/c1-2-3-4-5-14-11(6-7-19-16(21)22)12-8-10(17)9-13(18)15(12)20-14/h1,8-9,19-20H,3-7H2,(H,21,22). The second-order valence-electron chi connectivity index (χ2n) is 4.93. The van der Waals surface area contributed by atoms with E-state index in [0.29, 0.717) is 29.3 Å². The van der Waals surface area contributed by atoms with Crippen molar-refractivity contribution in [1.82, 2.24) is 10.3 Å². The lowest BCUT2D eigenvalue weighted by Crippen LogP contribution is -2.23. The van der Waals surface area contributed by atoms with Crippen LogP contribution >= 0.6 is 15.9 Å². The summed E-state index contributed by atoms with van der Waals surface area (Å²) in [4.78, 5) is 13.7. The van der Waals surface area contributed by atoms with Gasteiger partial charge in [0.15, 0.2) is 0 Å². The summed E-state index contributed by atoms with van der Waals surface area (Å²) >= 11 is 3.29. The average molecular weight is 367 g/mol. The summed E-state index contributed by atoms with van der Waals surface area (Å²) in [5.41, 5.74) is 2.29. The van der Waals surface area contributed by atoms with Crippen LogP contribution in [0.15, 0.2) is 16.6 Å². The molecule has 0 aliphatic heterocycles. The van der Waals surface area contributed by atoms with E-state index >= 15 is 0 Å². The molecular weight excluding hydrogens is 351 g/mol. The molecule has 1 aromatic heterocycles. The van der Waals surface area contributed by atoms with Crippen LogP contribution in [0.2, 0.25) is 0 Å². The largest absolute Gasteiger partial charge is 0.465 e. The summed E-state index contributed by atoms with van der Waals surface area (Å²) in [5, 5.41) is 11.8. The number of hydrogen-bond acceptors (Lipinski definition) is 1. The predicted octanol–water partition coefficient (Wildman–Crippen LogP) is 3.84. The van der Waals surface area contributed by atoms with Gasteiger partial charge in [-0.15, -0.1) is 12.3 Å². The van der Waals surface area contributed by atoms with Crippen LogP contribution in [-0.4, -0.2) is 22.7 Å². The zero-order valence-corrected chi connectivity index (χ0v) is 13.5. The molecule has 2 aromatic rings. The fraction of sp³-hybridized carbons (Fsp3) is 0.312. The number of aromatic nitrogens is 1. The first-order valence-electron chi connectivity index (χ1n) is 6.91. The van der Waals surface area contributed by atoms with Crippen LogP contribution in [0.3, 0.4) is 0 Å². The lowest BCUT2D eigenvalue weighted by atomic mass is 10.0. The maximum atomic E-state index is 14.1. The Labute approximate surface area is 136 Å². The number of hydrogen-bond donors (Lipinski definition) is 3. The fourth-order valence-corrected chi connectivity index (χ4v) is 2.92. The Morgan fingerprint density at radius 1 is 1.45 bits per heavy atom. The number of halogens is 2. The number of carbonyl (C=O) groups is 1. The Bertz CT molecular complexity index is 734. The first kappa shape index (κ1) is 16.4. The van der Waals surface area contributed by atoms with Gasteiger partial charge in [-0.2, -0.15) is 0 Å². The predicted molar refractivity (Wildman–Crippen MR) is 87.5 cm³/mol. The summed E-state index contributed by atoms with van der Waals surface area (Å²) in [5.74, 6) is 2.25. The van der Waals surface area contributed by atoms with Crippen LogP contribution in [0.25, 0.3) is 10.9 Å². The summed E-state index contributed by atoms with van der Waals surface area (Å²) in [6, 6.07) is 3.25. The van der Waals surface area contributed by atoms with Crippen molar-refractivity contribution >= 4 is 32.9 Å². The number of nitrogens with one attached hydrogen (secondary N) is 2. The van der Waals surface area contributed by atoms with E-state index < -0.39 is 6.09 Å². The molecule has 0 fully saturated rings. The van der Waals surface area contributed by atoms with Gasteiger partial charge in [0.25, 0.3) is 0 Å². The van der Waals surface area contributed by atoms with Crippen LogP contribution in [0.4, 0.5) is 9.18 Å². The highest BCUT2D eigenvalue weighted by Gasteiger charge is 2.15. The Morgan fingerprint density at radius 3 is 2.91 bits per heavy atom. The second kappa shape index (κ2) is 7.32. The minimum absolute atomic E-state index is 0.276. The van der Waals surface area contributed by atoms with Crippen LogP contribution in [-0.2, 0) is 12.8 Å². The van der Waals surface area contributed by atoms with Crippen molar-refractivity contribution < 1.29 is 14.3 Å². The lowest BCUT2D eigenvalue weighted by Gasteiger charge is -2.05. The molecule has 0 aliphatic rings. The van der Waals surface area contributed by atoms with E-state index in [-0.39, 0.29) is 12.4 Å². The van der Waals surface area contributed by atoms with E-state index in [1.54, 1.807) is 0 Å². The van der Waals surface area contributed by atoms with Crippen molar-refractivity contribution in [2.24, 2.45) is 0 Å². The number of H-pyrrole nitrogens is 1. The molecule has 0 saturated heterocycles. The number of carboxylic acid groups (broad SMARTS) is 1. The highest BCUT2D eigenvalue weighted by atomic mass is 79.9. The number of amides is 1. The Balaban J connectivity index is 2.35. The van der Waals surface area contributed by atoms with Crippen LogP contribution in [0, 0.1) is 18.2 Å². The van der Waals surface area contributed by atoms with Crippen molar-refractivity contribution in [3.05, 3.63) is 33.7 Å². The van der Waals surface area contributed by atoms with Gasteiger partial charge in [-0.3, -0.25) is 0 Å². The molecule has 0 saturated carbocycles. The van der Waals surface area contributed by atoms with Gasteiger partial charge in [0.2, 0.25) is 0 Å². The summed E-state index contributed by atoms with van der Waals surface area (Å²) in [7, 11) is 0. The first-order valence-corrected chi connectivity index (χ1v) is 7.71. The number of rotatable bonds is 6. The number of unbranched alkanes of at least 4 members (excludes halogenated alkanes) is 1. The van der Waals surface area contributed by atoms with E-state index in [1.165, 1.54) is 6.07 Å². The minimum Gasteiger partial charge on any atom is -0.465 e. The summed E-state index contributed by atoms with van der Waals surface area (Å²) in [6.07, 6.45) is 6.84. The normalized spacial score (nSPS) is 10.6. The van der Waals surface area contributed by atoms with E-state index in [9.17, 15) is 9.18 Å². The lowest BCUT2D eigenvalue weighted by molar-refractivity contribution is 0.194. The molecule has 22 heavy (non-hydrogen) atoms. The van der Waals surface area contributed by atoms with Gasteiger partial charge in [-0.05, 0) is 37.0 Å². The molecule has 0 bridgehead atoms. The Kier molecular flexibility index (Phi) is 5.45. The molecule has 3 N–H and O–H groups in total. The van der Waals surface area contributed by atoms with E-state index in [0.717, 1.165) is 23.1 Å². The molecule has 0 radical (unpaired) electrons. The fourth-order valence-electron chi connectivity index (χ4n) is 2.49. The second-order valence-corrected chi connectivity index (χ2v) is 5.85. The van der Waals surface area contributed by atoms with Gasteiger partial charge in [0.1, 0.15) is 5.82 Å². The zero-order chi connectivity index (χ0) is 16.1. The van der Waals surface area contributed by atoms with E-state index in [1.807, 2.05) is 6.07 Å². The number of aryl methyl sites for hydroxylation is 1. The monoisotopic (exact) mass is 366 g/mol. The molecule has 1 heterocycles. The SMILES string of the molecule is C#CCCCc1[nH]c2c(F)cc(Br)cc2c1CCNC(=O)O. The third-order valence-electron chi connectivity index (χ3n) is 3.42. The molecular formula is C16H16BrFN2O2. The molecule has 4 nitrogen and oxygen atoms in total. The number of fused-ring (bicyclic) bond motifs is 1. The van der Waals surface area contributed by atoms with Crippen molar-refractivity contribution in [2.45, 2.75) is 25.7 Å². The topological polar surface area (TPSA) is 65.1 Å². The van der Waals surface area contributed by atoms with Crippen molar-refractivity contribution in [3.63, 3.8) is 0 Å². The van der Waals surface area contributed by atoms with Gasteiger partial charge in [0, 0.05) is 28.5 Å². The maximum absolute atomic E-state index is 14.1. The smallest absolute Gasteiger partial charge is 0.404 e. The Morgan fingerprint density at radius 2 is 2.23 bits per heavy atom. The van der Waals surface area contributed by atoms with E-state index in [2.05, 4.69) is 32.2 Å². The highest BCUT2D eigenvalue weighted by molar-refractivity contribution is 9.10. The Hall–Kier alpha value is -2.00. The van der Waals surface area contributed by atoms with Gasteiger partial charge in [-0.1, -0.05) is 15.9 Å². The molecule has 1 aromatic carbocycles. The average Bonchev–Trinajstić information content (AvgIpc) is 2.78. The van der Waals surface area contributed by atoms with Crippen LogP contribution in [0.1, 0.15) is 24.1 Å². The minimum atomic E-state index is -1.07. The van der Waals surface area contributed by atoms with Gasteiger partial charge >= 0.3 is 6.09 Å². The third kappa shape index (κ3) is 3.80. The summed E-state index contributed by atoms with van der Waals surface area (Å²) < 4.78 is 14.7. The van der Waals surface area contributed by atoms with Crippen LogP contribution < -0.4 is 5.32 Å². The molecule has 0 aliphatic carbocycles. The van der Waals surface area contributed by atoms with E-state index in [4.69, 9.17) is 11.5 Å². The van der Waals surface area contributed by atoms with Gasteiger partial charge < -0.3 is 15.4 Å². The molecule has 116 valence electrons. The van der Waals surface area contributed by atoms with Crippen molar-refractivity contribution in [1.29, 1.82) is 0 Å². The number of benzene rings is 1. The quantitative estimate of drug-likeness (QED) is 0.537. The van der Waals surface area contributed by atoms with Crippen molar-refractivity contribution in [2.75, 3.05) is 6.54 Å². The van der Waals surface area contributed by atoms with Gasteiger partial charge in [-0.25, -0.2) is 9.18 Å². The number of aromatic amines is 1. The maximum Gasteiger partial charge on any atom is 0.404 e. The molecule has 0 atom stereocenters. The molecule has 0 spiro atoms. The zero-order valence-electron chi connectivity index (χ0n) is 11.9. The number of terminal acetylenes is 1. The molecule has 0 unspecified atom stereocenters. The summed E-state index contributed by atoms with van der Waals surface area (Å²) in [6.45, 7) is 0.276. The van der Waals surface area contributed by atoms with Crippen LogP contribution in [0.5, 0.6) is 0 Å². The molecule has 2 rings (SSSR count).